The largest absolute Gasteiger partial charge is 0.444 e. The molecule has 226 valence electrons. The molecule has 3 amide bonds. The molecule has 1 saturated heterocycles. The van der Waals surface area contributed by atoms with Crippen LogP contribution in [0.2, 0.25) is 0 Å². The van der Waals surface area contributed by atoms with Crippen LogP contribution >= 0.6 is 23.1 Å². The summed E-state index contributed by atoms with van der Waals surface area (Å²) in [5.74, 6) is 0.454. The zero-order valence-corrected chi connectivity index (χ0v) is 25.8. The molecular formula is C31H31N7O4S2. The molecular weight excluding hydrogens is 599 g/mol. The van der Waals surface area contributed by atoms with E-state index in [1.807, 2.05) is 61.9 Å². The number of hydrogen-bond acceptors (Lipinski definition) is 10. The predicted molar refractivity (Wildman–Crippen MR) is 170 cm³/mol. The molecule has 1 aliphatic carbocycles. The molecule has 2 unspecified atom stereocenters. The topological polar surface area (TPSA) is 130 Å². The molecule has 2 aromatic heterocycles. The highest BCUT2D eigenvalue weighted by atomic mass is 32.2. The summed E-state index contributed by atoms with van der Waals surface area (Å²) in [6.45, 7) is 0.0782. The monoisotopic (exact) mass is 629 g/mol. The van der Waals surface area contributed by atoms with Gasteiger partial charge in [0, 0.05) is 60.4 Å². The molecule has 1 aliphatic heterocycles. The van der Waals surface area contributed by atoms with Crippen LogP contribution < -0.4 is 15.5 Å². The molecule has 0 spiro atoms. The minimum absolute atomic E-state index is 0.0782. The first-order valence-corrected chi connectivity index (χ1v) is 16.1. The summed E-state index contributed by atoms with van der Waals surface area (Å²) in [5, 5.41) is 7.62. The number of thiazole rings is 1. The Kier molecular flexibility index (Phi) is 8.75. The van der Waals surface area contributed by atoms with Crippen molar-refractivity contribution < 1.29 is 19.1 Å². The van der Waals surface area contributed by atoms with Gasteiger partial charge in [-0.2, -0.15) is 0 Å². The number of aromatic nitrogens is 3. The standard InChI is InChI=1S/C31H31N7O4S2/c1-37(2)29-32-14-22(15-33-29)28-38(31(41)42-16-19-6-4-3-5-7-19)25(18-43-28)27(40)36-30-35-24(17-44-30)20-8-10-21(11-9-20)26(39)34-23-12-13-23/h3-11,14-15,17,23,25,28H,12-13,16,18H2,1-2H3,(H,34,39)(H,35,36,40). The van der Waals surface area contributed by atoms with Crippen LogP contribution in [0, 0.1) is 0 Å². The molecule has 44 heavy (non-hydrogen) atoms. The van der Waals surface area contributed by atoms with Crippen LogP contribution in [0.3, 0.4) is 0 Å². The van der Waals surface area contributed by atoms with Gasteiger partial charge in [0.1, 0.15) is 18.0 Å². The number of ether oxygens (including phenoxy) is 1. The van der Waals surface area contributed by atoms with Crippen LogP contribution in [-0.2, 0) is 16.1 Å². The first-order chi connectivity index (χ1) is 21.4. The van der Waals surface area contributed by atoms with Crippen LogP contribution in [0.5, 0.6) is 0 Å². The van der Waals surface area contributed by atoms with Crippen molar-refractivity contribution >= 4 is 52.1 Å². The van der Waals surface area contributed by atoms with E-state index in [0.29, 0.717) is 39.7 Å². The zero-order valence-electron chi connectivity index (χ0n) is 24.2. The lowest BCUT2D eigenvalue weighted by Gasteiger charge is -2.28. The number of hydrogen-bond donors (Lipinski definition) is 2. The molecule has 2 aromatic carbocycles. The molecule has 2 aliphatic rings. The first kappa shape index (κ1) is 29.6. The van der Waals surface area contributed by atoms with Gasteiger partial charge in [0.15, 0.2) is 5.13 Å². The van der Waals surface area contributed by atoms with E-state index < -0.39 is 17.5 Å². The van der Waals surface area contributed by atoms with Gasteiger partial charge in [-0.15, -0.1) is 23.1 Å². The average molecular weight is 630 g/mol. The van der Waals surface area contributed by atoms with E-state index in [4.69, 9.17) is 4.74 Å². The maximum absolute atomic E-state index is 13.6. The highest BCUT2D eigenvalue weighted by Crippen LogP contribution is 2.42. The van der Waals surface area contributed by atoms with Crippen molar-refractivity contribution in [2.45, 2.75) is 36.9 Å². The molecule has 2 fully saturated rings. The Morgan fingerprint density at radius 1 is 1.02 bits per heavy atom. The van der Waals surface area contributed by atoms with Gasteiger partial charge in [-0.3, -0.25) is 14.5 Å². The van der Waals surface area contributed by atoms with Gasteiger partial charge in [0.2, 0.25) is 11.9 Å². The van der Waals surface area contributed by atoms with Crippen LogP contribution in [0.15, 0.2) is 72.4 Å². The van der Waals surface area contributed by atoms with Crippen molar-refractivity contribution in [3.05, 3.63) is 89.1 Å². The van der Waals surface area contributed by atoms with E-state index in [2.05, 4.69) is 25.6 Å². The number of benzene rings is 2. The normalized spacial score (nSPS) is 17.6. The van der Waals surface area contributed by atoms with E-state index in [1.165, 1.54) is 28.0 Å². The smallest absolute Gasteiger partial charge is 0.412 e. The Morgan fingerprint density at radius 2 is 1.75 bits per heavy atom. The van der Waals surface area contributed by atoms with Gasteiger partial charge in [-0.25, -0.2) is 19.7 Å². The quantitative estimate of drug-likeness (QED) is 0.264. The molecule has 1 saturated carbocycles. The Hall–Kier alpha value is -4.49. The lowest BCUT2D eigenvalue weighted by Crippen LogP contribution is -2.45. The van der Waals surface area contributed by atoms with Gasteiger partial charge >= 0.3 is 6.09 Å². The lowest BCUT2D eigenvalue weighted by molar-refractivity contribution is -0.120. The van der Waals surface area contributed by atoms with Gasteiger partial charge in [-0.1, -0.05) is 42.5 Å². The highest BCUT2D eigenvalue weighted by molar-refractivity contribution is 7.99. The maximum Gasteiger partial charge on any atom is 0.412 e. The van der Waals surface area contributed by atoms with Crippen molar-refractivity contribution in [3.63, 3.8) is 0 Å². The van der Waals surface area contributed by atoms with Crippen LogP contribution in [0.1, 0.15) is 39.7 Å². The molecule has 4 aromatic rings. The van der Waals surface area contributed by atoms with E-state index in [0.717, 1.165) is 24.0 Å². The third-order valence-corrected chi connectivity index (χ3v) is 9.23. The number of anilines is 2. The molecule has 2 N–H and O–H groups in total. The first-order valence-electron chi connectivity index (χ1n) is 14.1. The van der Waals surface area contributed by atoms with E-state index >= 15 is 0 Å². The van der Waals surface area contributed by atoms with Gasteiger partial charge in [0.25, 0.3) is 5.91 Å². The third-order valence-electron chi connectivity index (χ3n) is 7.15. The second-order valence-corrected chi connectivity index (χ2v) is 12.7. The third kappa shape index (κ3) is 6.84. The Morgan fingerprint density at radius 3 is 2.43 bits per heavy atom. The van der Waals surface area contributed by atoms with Crippen molar-refractivity contribution in [1.29, 1.82) is 0 Å². The molecule has 0 radical (unpaired) electrons. The number of carbonyl (C=O) groups excluding carboxylic acids is 3. The minimum atomic E-state index is -0.807. The van der Waals surface area contributed by atoms with Crippen LogP contribution in [0.4, 0.5) is 15.9 Å². The maximum atomic E-state index is 13.6. The lowest BCUT2D eigenvalue weighted by atomic mass is 10.1. The summed E-state index contributed by atoms with van der Waals surface area (Å²) in [4.78, 5) is 56.0. The SMILES string of the molecule is CN(C)c1ncc(C2SCC(C(=O)Nc3nc(-c4ccc(C(=O)NC5CC5)cc4)cs3)N2C(=O)OCc2ccccc2)cn1. The number of rotatable bonds is 9. The second-order valence-electron chi connectivity index (χ2n) is 10.7. The molecule has 6 rings (SSSR count). The number of thioether (sulfide) groups is 1. The second kappa shape index (κ2) is 13.0. The minimum Gasteiger partial charge on any atom is -0.444 e. The van der Waals surface area contributed by atoms with Crippen LogP contribution in [0.25, 0.3) is 11.3 Å². The fourth-order valence-electron chi connectivity index (χ4n) is 4.61. The van der Waals surface area contributed by atoms with Crippen molar-refractivity contribution in [3.8, 4) is 11.3 Å². The van der Waals surface area contributed by atoms with E-state index in [9.17, 15) is 14.4 Å². The van der Waals surface area contributed by atoms with E-state index in [1.54, 1.807) is 29.4 Å². The summed E-state index contributed by atoms with van der Waals surface area (Å²) < 4.78 is 5.67. The number of nitrogens with zero attached hydrogens (tertiary/aromatic N) is 5. The average Bonchev–Trinajstić information content (AvgIpc) is 3.54. The van der Waals surface area contributed by atoms with Gasteiger partial charge in [-0.05, 0) is 30.5 Å². The van der Waals surface area contributed by atoms with Gasteiger partial charge in [0.05, 0.1) is 5.69 Å². The molecule has 0 bridgehead atoms. The fraction of sp³-hybridized carbons (Fsp3) is 0.290. The summed E-state index contributed by atoms with van der Waals surface area (Å²) >= 11 is 2.74. The van der Waals surface area contributed by atoms with Crippen LogP contribution in [-0.4, -0.2) is 69.7 Å². The Balaban J connectivity index is 1.16. The Labute approximate surface area is 263 Å². The zero-order chi connectivity index (χ0) is 30.6. The number of carbonyl (C=O) groups is 3. The highest BCUT2D eigenvalue weighted by Gasteiger charge is 2.44. The molecule has 2 atom stereocenters. The molecule has 13 heteroatoms. The fourth-order valence-corrected chi connectivity index (χ4v) is 6.72. The van der Waals surface area contributed by atoms with E-state index in [-0.39, 0.29) is 18.4 Å². The molecule has 3 heterocycles. The number of nitrogens with one attached hydrogen (secondary N) is 2. The summed E-state index contributed by atoms with van der Waals surface area (Å²) in [5.41, 5.74) is 3.64. The van der Waals surface area contributed by atoms with Crippen molar-refractivity contribution in [2.24, 2.45) is 0 Å². The number of amides is 3. The van der Waals surface area contributed by atoms with Crippen molar-refractivity contribution in [1.82, 2.24) is 25.2 Å². The molecule has 11 nitrogen and oxygen atoms in total. The van der Waals surface area contributed by atoms with Gasteiger partial charge < -0.3 is 20.3 Å². The summed E-state index contributed by atoms with van der Waals surface area (Å²) in [7, 11) is 3.70. The summed E-state index contributed by atoms with van der Waals surface area (Å²) in [6, 6.07) is 16.1. The summed E-state index contributed by atoms with van der Waals surface area (Å²) in [6.07, 6.45) is 4.80. The van der Waals surface area contributed by atoms with Crippen molar-refractivity contribution in [2.75, 3.05) is 30.1 Å². The Bertz CT molecular complexity index is 1630. The predicted octanol–water partition coefficient (Wildman–Crippen LogP) is 4.95.